The van der Waals surface area contributed by atoms with Crippen LogP contribution >= 0.6 is 11.8 Å². The Morgan fingerprint density at radius 1 is 1.03 bits per heavy atom. The fraction of sp³-hybridized carbons (Fsp3) is 0.417. The standard InChI is InChI=1S/C24H29N5OS/c1-16-8-9-21(14-17(16)2)29-23(20-10-12-25-13-11-20)26-27-24(29)31-15-22(30)28-18(3)6-5-7-19(28)4/h8-14,18-19H,5-7,15H2,1-4H3/t18-,19-/m1/s1. The molecule has 0 radical (unpaired) electrons. The number of pyridine rings is 1. The first kappa shape index (κ1) is 21.6. The van der Waals surface area contributed by atoms with Gasteiger partial charge in [-0.25, -0.2) is 0 Å². The minimum absolute atomic E-state index is 0.171. The average Bonchev–Trinajstić information content (AvgIpc) is 3.18. The van der Waals surface area contributed by atoms with E-state index in [0.29, 0.717) is 17.8 Å². The second-order valence-electron chi connectivity index (χ2n) is 8.36. The van der Waals surface area contributed by atoms with Gasteiger partial charge in [-0.3, -0.25) is 14.3 Å². The van der Waals surface area contributed by atoms with Gasteiger partial charge in [0.1, 0.15) is 0 Å². The zero-order chi connectivity index (χ0) is 22.0. The minimum atomic E-state index is 0.171. The summed E-state index contributed by atoms with van der Waals surface area (Å²) in [4.78, 5) is 19.2. The number of rotatable bonds is 5. The highest BCUT2D eigenvalue weighted by atomic mass is 32.2. The van der Waals surface area contributed by atoms with Gasteiger partial charge in [0.15, 0.2) is 11.0 Å². The molecule has 1 fully saturated rings. The number of benzene rings is 1. The van der Waals surface area contributed by atoms with Crippen LogP contribution in [0.15, 0.2) is 47.9 Å². The molecule has 162 valence electrons. The number of hydrogen-bond donors (Lipinski definition) is 0. The molecule has 2 atom stereocenters. The molecule has 1 aliphatic rings. The quantitative estimate of drug-likeness (QED) is 0.537. The number of aromatic nitrogens is 4. The van der Waals surface area contributed by atoms with Gasteiger partial charge in [0.2, 0.25) is 5.91 Å². The van der Waals surface area contributed by atoms with Crippen molar-refractivity contribution in [2.45, 2.75) is 64.2 Å². The lowest BCUT2D eigenvalue weighted by Crippen LogP contribution is -2.48. The van der Waals surface area contributed by atoms with Crippen molar-refractivity contribution in [1.82, 2.24) is 24.6 Å². The van der Waals surface area contributed by atoms with E-state index in [-0.39, 0.29) is 5.91 Å². The third kappa shape index (κ3) is 4.51. The third-order valence-electron chi connectivity index (χ3n) is 6.13. The Bertz CT molecular complexity index is 1060. The van der Waals surface area contributed by atoms with E-state index in [1.807, 2.05) is 16.7 Å². The van der Waals surface area contributed by atoms with Crippen LogP contribution in [0, 0.1) is 13.8 Å². The first-order valence-electron chi connectivity index (χ1n) is 10.8. The fourth-order valence-corrected chi connectivity index (χ4v) is 5.08. The summed E-state index contributed by atoms with van der Waals surface area (Å²) in [7, 11) is 0. The third-order valence-corrected chi connectivity index (χ3v) is 7.04. The second-order valence-corrected chi connectivity index (χ2v) is 9.31. The molecule has 1 amide bonds. The smallest absolute Gasteiger partial charge is 0.233 e. The first-order chi connectivity index (χ1) is 15.0. The van der Waals surface area contributed by atoms with Crippen molar-refractivity contribution in [2.75, 3.05) is 5.75 Å². The summed E-state index contributed by atoms with van der Waals surface area (Å²) in [5.41, 5.74) is 4.38. The lowest BCUT2D eigenvalue weighted by Gasteiger charge is -2.39. The molecule has 0 spiro atoms. The molecule has 3 heterocycles. The maximum absolute atomic E-state index is 13.1. The Labute approximate surface area is 188 Å². The van der Waals surface area contributed by atoms with Gasteiger partial charge in [-0.1, -0.05) is 17.8 Å². The van der Waals surface area contributed by atoms with Gasteiger partial charge in [0.25, 0.3) is 0 Å². The molecule has 31 heavy (non-hydrogen) atoms. The number of hydrogen-bond acceptors (Lipinski definition) is 5. The van der Waals surface area contributed by atoms with Crippen LogP contribution in [0.5, 0.6) is 0 Å². The van der Waals surface area contributed by atoms with E-state index in [4.69, 9.17) is 0 Å². The number of aryl methyl sites for hydroxylation is 2. The fourth-order valence-electron chi connectivity index (χ4n) is 4.26. The SMILES string of the molecule is Cc1ccc(-n2c(SCC(=O)N3[C@H](C)CCC[C@H]3C)nnc2-c2ccncc2)cc1C. The molecule has 3 aromatic rings. The average molecular weight is 436 g/mol. The zero-order valence-electron chi connectivity index (χ0n) is 18.6. The van der Waals surface area contributed by atoms with Crippen molar-refractivity contribution in [2.24, 2.45) is 0 Å². The van der Waals surface area contributed by atoms with E-state index >= 15 is 0 Å². The first-order valence-corrected chi connectivity index (χ1v) is 11.8. The molecule has 2 aromatic heterocycles. The number of carbonyl (C=O) groups excluding carboxylic acids is 1. The van der Waals surface area contributed by atoms with Gasteiger partial charge in [0, 0.05) is 30.0 Å². The summed E-state index contributed by atoms with van der Waals surface area (Å²) < 4.78 is 2.04. The van der Waals surface area contributed by atoms with Crippen LogP contribution in [0.4, 0.5) is 0 Å². The summed E-state index contributed by atoms with van der Waals surface area (Å²) in [6, 6.07) is 10.8. The van der Waals surface area contributed by atoms with Crippen molar-refractivity contribution in [3.8, 4) is 17.1 Å². The van der Waals surface area contributed by atoms with Crippen LogP contribution in [0.3, 0.4) is 0 Å². The topological polar surface area (TPSA) is 63.9 Å². The number of piperidine rings is 1. The molecular weight excluding hydrogens is 406 g/mol. The highest BCUT2D eigenvalue weighted by molar-refractivity contribution is 7.99. The zero-order valence-corrected chi connectivity index (χ0v) is 19.4. The lowest BCUT2D eigenvalue weighted by molar-refractivity contribution is -0.134. The Morgan fingerprint density at radius 2 is 1.74 bits per heavy atom. The summed E-state index contributed by atoms with van der Waals surface area (Å²) in [6.07, 6.45) is 6.85. The molecule has 1 saturated heterocycles. The van der Waals surface area contributed by atoms with E-state index in [2.05, 4.69) is 66.0 Å². The van der Waals surface area contributed by atoms with Crippen molar-refractivity contribution >= 4 is 17.7 Å². The molecule has 0 N–H and O–H groups in total. The molecule has 4 rings (SSSR count). The number of likely N-dealkylation sites (tertiary alicyclic amines) is 1. The van der Waals surface area contributed by atoms with Gasteiger partial charge < -0.3 is 4.90 Å². The van der Waals surface area contributed by atoms with E-state index in [0.717, 1.165) is 35.1 Å². The van der Waals surface area contributed by atoms with Gasteiger partial charge in [-0.05, 0) is 82.3 Å². The number of amides is 1. The minimum Gasteiger partial charge on any atom is -0.337 e. The summed E-state index contributed by atoms with van der Waals surface area (Å²) in [5.74, 6) is 1.28. The highest BCUT2D eigenvalue weighted by Crippen LogP contribution is 2.30. The van der Waals surface area contributed by atoms with Gasteiger partial charge in [-0.2, -0.15) is 0 Å². The van der Waals surface area contributed by atoms with Crippen LogP contribution < -0.4 is 0 Å². The van der Waals surface area contributed by atoms with Crippen molar-refractivity contribution in [3.05, 3.63) is 53.9 Å². The molecule has 0 aliphatic carbocycles. The van der Waals surface area contributed by atoms with Gasteiger partial charge >= 0.3 is 0 Å². The van der Waals surface area contributed by atoms with Gasteiger partial charge in [-0.15, -0.1) is 10.2 Å². The summed E-state index contributed by atoms with van der Waals surface area (Å²) >= 11 is 1.46. The Hall–Kier alpha value is -2.67. The van der Waals surface area contributed by atoms with Crippen molar-refractivity contribution < 1.29 is 4.79 Å². The summed E-state index contributed by atoms with van der Waals surface area (Å²) in [5, 5.41) is 9.66. The van der Waals surface area contributed by atoms with Crippen molar-refractivity contribution in [1.29, 1.82) is 0 Å². The molecule has 0 saturated carbocycles. The molecular formula is C24H29N5OS. The van der Waals surface area contributed by atoms with E-state index in [1.54, 1.807) is 12.4 Å². The van der Waals surface area contributed by atoms with Crippen LogP contribution in [0.2, 0.25) is 0 Å². The predicted molar refractivity (Wildman–Crippen MR) is 124 cm³/mol. The molecule has 1 aromatic carbocycles. The molecule has 1 aliphatic heterocycles. The molecule has 0 unspecified atom stereocenters. The van der Waals surface area contributed by atoms with Crippen LogP contribution in [-0.4, -0.2) is 48.4 Å². The monoisotopic (exact) mass is 435 g/mol. The second kappa shape index (κ2) is 9.22. The summed E-state index contributed by atoms with van der Waals surface area (Å²) in [6.45, 7) is 8.50. The van der Waals surface area contributed by atoms with Crippen LogP contribution in [0.1, 0.15) is 44.2 Å². The largest absolute Gasteiger partial charge is 0.337 e. The Morgan fingerprint density at radius 3 is 2.42 bits per heavy atom. The van der Waals surface area contributed by atoms with E-state index < -0.39 is 0 Å². The highest BCUT2D eigenvalue weighted by Gasteiger charge is 2.29. The number of nitrogens with zero attached hydrogens (tertiary/aromatic N) is 5. The predicted octanol–water partition coefficient (Wildman–Crippen LogP) is 4.83. The van der Waals surface area contributed by atoms with E-state index in [9.17, 15) is 4.79 Å². The number of thioether (sulfide) groups is 1. The Kier molecular flexibility index (Phi) is 6.41. The normalized spacial score (nSPS) is 18.9. The van der Waals surface area contributed by atoms with E-state index in [1.165, 1.54) is 29.3 Å². The molecule has 6 nitrogen and oxygen atoms in total. The number of carbonyl (C=O) groups is 1. The maximum Gasteiger partial charge on any atom is 0.233 e. The lowest BCUT2D eigenvalue weighted by atomic mass is 9.98. The Balaban J connectivity index is 1.65. The van der Waals surface area contributed by atoms with Crippen LogP contribution in [0.25, 0.3) is 17.1 Å². The van der Waals surface area contributed by atoms with Crippen LogP contribution in [-0.2, 0) is 4.79 Å². The molecule has 7 heteroatoms. The van der Waals surface area contributed by atoms with Gasteiger partial charge in [0.05, 0.1) is 11.4 Å². The van der Waals surface area contributed by atoms with Crippen molar-refractivity contribution in [3.63, 3.8) is 0 Å². The maximum atomic E-state index is 13.1. The molecule has 0 bridgehead atoms.